The lowest BCUT2D eigenvalue weighted by Crippen LogP contribution is -2.28. The Labute approximate surface area is 335 Å². The van der Waals surface area contributed by atoms with E-state index in [-0.39, 0.29) is 63.4 Å². The van der Waals surface area contributed by atoms with Gasteiger partial charge in [-0.15, -0.1) is 11.3 Å². The molecule has 8 rings (SSSR count). The zero-order valence-electron chi connectivity index (χ0n) is 32.5. The van der Waals surface area contributed by atoms with Gasteiger partial charge in [0.05, 0.1) is 29.3 Å². The Bertz CT molecular complexity index is 2300. The van der Waals surface area contributed by atoms with E-state index in [0.717, 1.165) is 31.4 Å². The van der Waals surface area contributed by atoms with E-state index in [9.17, 15) is 27.2 Å². The van der Waals surface area contributed by atoms with Gasteiger partial charge in [0.15, 0.2) is 5.82 Å². The van der Waals surface area contributed by atoms with Gasteiger partial charge in [-0.2, -0.15) is 28.4 Å². The molecule has 2 unspecified atom stereocenters. The van der Waals surface area contributed by atoms with Crippen LogP contribution in [0.15, 0.2) is 30.5 Å². The van der Waals surface area contributed by atoms with E-state index in [4.69, 9.17) is 25.7 Å². The highest BCUT2D eigenvalue weighted by atomic mass is 32.1. The number of thiophene rings is 1. The third kappa shape index (κ3) is 9.14. The SMILES string of the molecule is CC=O.CN(C)C.COc1nc2c3c(c(C(F)(F)F)c(-c4ccc(F)c5sc(N)c(C#N)c45)c(F)c3n1)OCCN2Cc1cccnc1N.FC1CC2CCCN2C1. The molecule has 3 aliphatic heterocycles. The third-order valence-electron chi connectivity index (χ3n) is 9.32. The molecule has 2 saturated heterocycles. The largest absolute Gasteiger partial charge is 0.490 e. The van der Waals surface area contributed by atoms with Crippen LogP contribution in [-0.2, 0) is 17.5 Å². The fourth-order valence-electron chi connectivity index (χ4n) is 7.09. The number of nitrogens with zero attached hydrogens (tertiary/aromatic N) is 7. The number of methoxy groups -OCH3 is 1. The van der Waals surface area contributed by atoms with E-state index in [1.165, 1.54) is 33.1 Å². The fraction of sp³-hybridized carbons (Fsp3) is 0.410. The number of halogens is 6. The predicted octanol–water partition coefficient (Wildman–Crippen LogP) is 7.22. The van der Waals surface area contributed by atoms with Crippen molar-refractivity contribution in [2.24, 2.45) is 0 Å². The van der Waals surface area contributed by atoms with Crippen molar-refractivity contribution in [1.82, 2.24) is 24.8 Å². The summed E-state index contributed by atoms with van der Waals surface area (Å²) in [6.07, 6.45) is -0.119. The van der Waals surface area contributed by atoms with Gasteiger partial charge in [-0.1, -0.05) is 12.1 Å². The van der Waals surface area contributed by atoms with Crippen LogP contribution in [-0.4, -0.2) is 97.7 Å². The molecule has 5 aromatic rings. The monoisotopic (exact) mass is 831 g/mol. The molecule has 58 heavy (non-hydrogen) atoms. The van der Waals surface area contributed by atoms with E-state index in [0.29, 0.717) is 29.5 Å². The Morgan fingerprint density at radius 2 is 1.84 bits per heavy atom. The van der Waals surface area contributed by atoms with Crippen molar-refractivity contribution in [3.8, 4) is 29.0 Å². The van der Waals surface area contributed by atoms with Gasteiger partial charge in [0.2, 0.25) is 0 Å². The van der Waals surface area contributed by atoms with E-state index >= 15 is 4.39 Å². The molecular weight excluding hydrogens is 789 g/mol. The number of carbonyl (C=O) groups is 1. The second-order valence-corrected chi connectivity index (χ2v) is 15.0. The maximum Gasteiger partial charge on any atom is 0.420 e. The van der Waals surface area contributed by atoms with E-state index in [2.05, 4.69) is 19.9 Å². The molecule has 2 fully saturated rings. The summed E-state index contributed by atoms with van der Waals surface area (Å²) >= 11 is 0.675. The number of fused-ring (bicyclic) bond motifs is 2. The second-order valence-electron chi connectivity index (χ2n) is 13.9. The molecule has 12 nitrogen and oxygen atoms in total. The van der Waals surface area contributed by atoms with Gasteiger partial charge < -0.3 is 35.5 Å². The van der Waals surface area contributed by atoms with Crippen LogP contribution in [0, 0.1) is 23.0 Å². The predicted molar refractivity (Wildman–Crippen MR) is 212 cm³/mol. The molecule has 4 N–H and O–H groups in total. The highest BCUT2D eigenvalue weighted by molar-refractivity contribution is 7.23. The number of nitriles is 1. The average molecular weight is 832 g/mol. The van der Waals surface area contributed by atoms with Crippen molar-refractivity contribution < 1.29 is 40.6 Å². The standard InChI is InChI=1S/C27H18F5N7O2S.C7H12FN.C3H9N.C2H4O/c1-40-26-37-20-17-21(41-8-7-39(25(17)38-26)10-11-3-2-6-36-23(11)34)18(27(30,31)32)16(19(20)29)12-4-5-14(28)22-15(12)13(9-33)24(35)42-22;8-6-4-7-2-1-3-9(7)5-6;1-4(2)3;1-2-3/h2-6H,7-8,10,35H2,1H3,(H2,34,36);6-7H,1-5H2;1-3H3;2H,1H3. The van der Waals surface area contributed by atoms with Crippen molar-refractivity contribution >= 4 is 55.2 Å². The van der Waals surface area contributed by atoms with Gasteiger partial charge in [0.25, 0.3) is 0 Å². The highest BCUT2D eigenvalue weighted by Crippen LogP contribution is 2.53. The maximum atomic E-state index is 16.6. The zero-order valence-corrected chi connectivity index (χ0v) is 33.3. The summed E-state index contributed by atoms with van der Waals surface area (Å²) in [5, 5.41) is 9.00. The normalized spacial score (nSPS) is 17.2. The minimum Gasteiger partial charge on any atom is -0.490 e. The van der Waals surface area contributed by atoms with Crippen molar-refractivity contribution in [3.63, 3.8) is 0 Å². The van der Waals surface area contributed by atoms with Gasteiger partial charge in [0.1, 0.15) is 64.4 Å². The summed E-state index contributed by atoms with van der Waals surface area (Å²) in [7, 11) is 7.23. The molecule has 2 aromatic carbocycles. The third-order valence-corrected chi connectivity index (χ3v) is 10.3. The molecule has 2 atom stereocenters. The smallest absolute Gasteiger partial charge is 0.420 e. The Morgan fingerprint density at radius 1 is 1.14 bits per heavy atom. The number of ether oxygens (including phenoxy) is 2. The lowest BCUT2D eigenvalue weighted by Gasteiger charge is -2.24. The van der Waals surface area contributed by atoms with Crippen LogP contribution in [0.25, 0.3) is 32.1 Å². The summed E-state index contributed by atoms with van der Waals surface area (Å²) in [5.74, 6) is -2.82. The Morgan fingerprint density at radius 3 is 2.47 bits per heavy atom. The van der Waals surface area contributed by atoms with Gasteiger partial charge in [-0.3, -0.25) is 4.90 Å². The summed E-state index contributed by atoms with van der Waals surface area (Å²) in [6.45, 7) is 3.14. The molecule has 0 bridgehead atoms. The number of rotatable bonds is 4. The van der Waals surface area contributed by atoms with Crippen molar-refractivity contribution in [2.75, 3.05) is 70.9 Å². The minimum absolute atomic E-state index is 0.0347. The molecule has 0 radical (unpaired) electrons. The number of alkyl halides is 4. The molecule has 0 spiro atoms. The first-order valence-electron chi connectivity index (χ1n) is 18.1. The summed E-state index contributed by atoms with van der Waals surface area (Å²) < 4.78 is 99.6. The molecule has 310 valence electrons. The first kappa shape index (κ1) is 43.7. The second kappa shape index (κ2) is 18.4. The number of anilines is 3. The highest BCUT2D eigenvalue weighted by Gasteiger charge is 2.44. The fourth-order valence-corrected chi connectivity index (χ4v) is 8.04. The molecule has 0 aliphatic carbocycles. The van der Waals surface area contributed by atoms with Crippen molar-refractivity contribution in [3.05, 3.63) is 58.8 Å². The number of aromatic nitrogens is 3. The van der Waals surface area contributed by atoms with Crippen molar-refractivity contribution in [2.45, 2.75) is 51.1 Å². The number of benzene rings is 2. The Balaban J connectivity index is 0.000000334. The number of hydrogen-bond donors (Lipinski definition) is 2. The summed E-state index contributed by atoms with van der Waals surface area (Å²) in [5.41, 5.74) is 8.81. The molecule has 0 amide bonds. The average Bonchev–Trinajstić information content (AvgIpc) is 3.81. The van der Waals surface area contributed by atoms with Gasteiger partial charge in [0, 0.05) is 41.8 Å². The quantitative estimate of drug-likeness (QED) is 0.139. The number of nitrogen functional groups attached to an aromatic ring is 2. The van der Waals surface area contributed by atoms with Crippen molar-refractivity contribution in [1.29, 1.82) is 5.26 Å². The van der Waals surface area contributed by atoms with E-state index < -0.39 is 51.9 Å². The van der Waals surface area contributed by atoms with E-state index in [1.54, 1.807) is 23.1 Å². The first-order valence-corrected chi connectivity index (χ1v) is 18.9. The lowest BCUT2D eigenvalue weighted by atomic mass is 9.91. The number of nitrogens with two attached hydrogens (primary N) is 2. The number of aldehydes is 1. The molecule has 3 aliphatic rings. The number of hydrogen-bond acceptors (Lipinski definition) is 13. The Hall–Kier alpha value is -5.45. The van der Waals surface area contributed by atoms with Gasteiger partial charge in [-0.05, 0) is 71.6 Å². The topological polar surface area (TPSA) is 160 Å². The number of pyridine rings is 1. The maximum absolute atomic E-state index is 16.6. The van der Waals surface area contributed by atoms with Crippen LogP contribution in [0.4, 0.5) is 43.0 Å². The Kier molecular flexibility index (Phi) is 13.9. The van der Waals surface area contributed by atoms with E-state index in [1.807, 2.05) is 26.0 Å². The van der Waals surface area contributed by atoms with Crippen LogP contribution in [0.2, 0.25) is 0 Å². The van der Waals surface area contributed by atoms with Crippen LogP contribution in [0.5, 0.6) is 11.8 Å². The molecule has 3 aromatic heterocycles. The van der Waals surface area contributed by atoms with Gasteiger partial charge in [-0.25, -0.2) is 18.2 Å². The molecule has 19 heteroatoms. The summed E-state index contributed by atoms with van der Waals surface area (Å²) in [6, 6.07) is 7.29. The van der Waals surface area contributed by atoms with Crippen LogP contribution < -0.4 is 25.8 Å². The first-order chi connectivity index (χ1) is 27.6. The van der Waals surface area contributed by atoms with Crippen LogP contribution in [0.1, 0.15) is 42.9 Å². The summed E-state index contributed by atoms with van der Waals surface area (Å²) in [4.78, 5) is 27.1. The van der Waals surface area contributed by atoms with Crippen LogP contribution >= 0.6 is 11.3 Å². The minimum atomic E-state index is -5.17. The number of carbonyl (C=O) groups excluding carboxylic acids is 1. The molecule has 6 heterocycles. The lowest BCUT2D eigenvalue weighted by molar-refractivity contribution is -0.138. The van der Waals surface area contributed by atoms with Crippen LogP contribution in [0.3, 0.4) is 0 Å². The molecular formula is C39H43F6N9O3S. The van der Waals surface area contributed by atoms with Gasteiger partial charge >= 0.3 is 12.2 Å². The molecule has 0 saturated carbocycles. The zero-order chi connectivity index (χ0) is 42.5.